The summed E-state index contributed by atoms with van der Waals surface area (Å²) in [7, 11) is 0. The topological polar surface area (TPSA) is 78.4 Å². The van der Waals surface area contributed by atoms with Gasteiger partial charge in [0.05, 0.1) is 6.42 Å². The number of thioether (sulfide) groups is 1. The molecule has 0 unspecified atom stereocenters. The Morgan fingerprint density at radius 2 is 2.05 bits per heavy atom. The van der Waals surface area contributed by atoms with Crippen molar-refractivity contribution in [2.45, 2.75) is 25.7 Å². The van der Waals surface area contributed by atoms with Crippen LogP contribution in [0.15, 0.2) is 24.3 Å². The number of rotatable bonds is 9. The average Bonchev–Trinajstić information content (AvgIpc) is 2.42. The van der Waals surface area contributed by atoms with E-state index < -0.39 is 5.97 Å². The zero-order valence-electron chi connectivity index (χ0n) is 12.2. The molecule has 1 aromatic carbocycles. The number of benzene rings is 1. The smallest absolute Gasteiger partial charge is 0.319 e. The summed E-state index contributed by atoms with van der Waals surface area (Å²) >= 11 is 1.83. The number of carbonyl (C=O) groups excluding carboxylic acids is 1. The Morgan fingerprint density at radius 1 is 1.24 bits per heavy atom. The molecule has 2 amide bonds. The summed E-state index contributed by atoms with van der Waals surface area (Å²) < 4.78 is 0. The molecule has 0 aliphatic carbocycles. The molecule has 0 atom stereocenters. The number of anilines is 1. The third-order valence-electron chi connectivity index (χ3n) is 2.85. The predicted octanol–water partition coefficient (Wildman–Crippen LogP) is 2.97. The molecule has 0 heterocycles. The Morgan fingerprint density at radius 3 is 2.76 bits per heavy atom. The highest BCUT2D eigenvalue weighted by Gasteiger charge is 2.04. The first-order valence-corrected chi connectivity index (χ1v) is 8.35. The van der Waals surface area contributed by atoms with Gasteiger partial charge in [-0.3, -0.25) is 4.79 Å². The fourth-order valence-corrected chi connectivity index (χ4v) is 2.35. The lowest BCUT2D eigenvalue weighted by molar-refractivity contribution is -0.136. The molecular weight excluding hydrogens is 288 g/mol. The van der Waals surface area contributed by atoms with Gasteiger partial charge in [-0.05, 0) is 42.5 Å². The van der Waals surface area contributed by atoms with E-state index in [9.17, 15) is 9.59 Å². The Balaban J connectivity index is 2.29. The van der Waals surface area contributed by atoms with Crippen molar-refractivity contribution in [3.05, 3.63) is 29.8 Å². The molecule has 5 nitrogen and oxygen atoms in total. The Bertz CT molecular complexity index is 466. The third kappa shape index (κ3) is 8.24. The zero-order valence-corrected chi connectivity index (χ0v) is 13.0. The molecule has 116 valence electrons. The number of hydrogen-bond acceptors (Lipinski definition) is 3. The number of amides is 2. The molecule has 1 rings (SSSR count). The van der Waals surface area contributed by atoms with Gasteiger partial charge in [-0.2, -0.15) is 11.8 Å². The lowest BCUT2D eigenvalue weighted by atomic mass is 10.1. The van der Waals surface area contributed by atoms with Crippen LogP contribution in [-0.4, -0.2) is 35.7 Å². The number of carboxylic acid groups (broad SMARTS) is 1. The van der Waals surface area contributed by atoms with Gasteiger partial charge in [-0.15, -0.1) is 0 Å². The number of unbranched alkanes of at least 4 members (excludes halogenated alkanes) is 2. The summed E-state index contributed by atoms with van der Waals surface area (Å²) in [6.45, 7) is 0.648. The third-order valence-corrected chi connectivity index (χ3v) is 3.55. The molecule has 0 radical (unpaired) electrons. The number of aliphatic carboxylic acids is 1. The quantitative estimate of drug-likeness (QED) is 0.613. The molecule has 0 saturated heterocycles. The van der Waals surface area contributed by atoms with Crippen molar-refractivity contribution >= 4 is 29.4 Å². The lowest BCUT2D eigenvalue weighted by Crippen LogP contribution is -2.29. The number of nitrogens with one attached hydrogen (secondary N) is 2. The van der Waals surface area contributed by atoms with E-state index in [4.69, 9.17) is 5.11 Å². The summed E-state index contributed by atoms with van der Waals surface area (Å²) in [5.41, 5.74) is 1.27. The number of carboxylic acids is 1. The van der Waals surface area contributed by atoms with Crippen LogP contribution in [-0.2, 0) is 11.2 Å². The predicted molar refractivity (Wildman–Crippen MR) is 87.0 cm³/mol. The first-order chi connectivity index (χ1) is 10.1. The average molecular weight is 310 g/mol. The van der Waals surface area contributed by atoms with Crippen LogP contribution < -0.4 is 10.6 Å². The monoisotopic (exact) mass is 310 g/mol. The zero-order chi connectivity index (χ0) is 15.5. The SMILES string of the molecule is CSCCCCCNC(=O)Nc1cccc(CC(=O)O)c1. The summed E-state index contributed by atoms with van der Waals surface area (Å²) in [4.78, 5) is 22.3. The molecular formula is C15H22N2O3S. The number of urea groups is 1. The molecule has 0 spiro atoms. The van der Waals surface area contributed by atoms with E-state index in [-0.39, 0.29) is 12.5 Å². The molecule has 6 heteroatoms. The maximum absolute atomic E-state index is 11.7. The molecule has 0 saturated carbocycles. The van der Waals surface area contributed by atoms with Gasteiger partial charge < -0.3 is 15.7 Å². The highest BCUT2D eigenvalue weighted by atomic mass is 32.2. The Labute approximate surface area is 129 Å². The van der Waals surface area contributed by atoms with E-state index in [2.05, 4.69) is 16.9 Å². The van der Waals surface area contributed by atoms with Gasteiger partial charge in [0.25, 0.3) is 0 Å². The first kappa shape index (κ1) is 17.4. The molecule has 0 aromatic heterocycles. The van der Waals surface area contributed by atoms with Crippen molar-refractivity contribution in [3.8, 4) is 0 Å². The summed E-state index contributed by atoms with van der Waals surface area (Å²) in [5.74, 6) is 0.268. The van der Waals surface area contributed by atoms with Gasteiger partial charge in [-0.1, -0.05) is 18.6 Å². The maximum Gasteiger partial charge on any atom is 0.319 e. The van der Waals surface area contributed by atoms with Gasteiger partial charge in [-0.25, -0.2) is 4.79 Å². The summed E-state index contributed by atoms with van der Waals surface area (Å²) in [6, 6.07) is 6.61. The summed E-state index contributed by atoms with van der Waals surface area (Å²) in [6.07, 6.45) is 5.28. The van der Waals surface area contributed by atoms with E-state index in [1.807, 2.05) is 11.8 Å². The van der Waals surface area contributed by atoms with Gasteiger partial charge in [0, 0.05) is 12.2 Å². The van der Waals surface area contributed by atoms with Crippen molar-refractivity contribution in [1.82, 2.24) is 5.32 Å². The van der Waals surface area contributed by atoms with Crippen LogP contribution in [0.3, 0.4) is 0 Å². The molecule has 0 aliphatic heterocycles. The molecule has 21 heavy (non-hydrogen) atoms. The molecule has 0 aliphatic rings. The maximum atomic E-state index is 11.7. The molecule has 1 aromatic rings. The van der Waals surface area contributed by atoms with Gasteiger partial charge in [0.2, 0.25) is 0 Å². The van der Waals surface area contributed by atoms with E-state index in [1.54, 1.807) is 24.3 Å². The molecule has 0 fully saturated rings. The first-order valence-electron chi connectivity index (χ1n) is 6.96. The van der Waals surface area contributed by atoms with Crippen LogP contribution in [0.2, 0.25) is 0 Å². The van der Waals surface area contributed by atoms with Gasteiger partial charge in [0.15, 0.2) is 0 Å². The summed E-state index contributed by atoms with van der Waals surface area (Å²) in [5, 5.41) is 14.2. The second-order valence-electron chi connectivity index (χ2n) is 4.71. The van der Waals surface area contributed by atoms with Crippen LogP contribution in [0, 0.1) is 0 Å². The van der Waals surface area contributed by atoms with E-state index in [0.717, 1.165) is 18.6 Å². The van der Waals surface area contributed by atoms with Crippen molar-refractivity contribution < 1.29 is 14.7 Å². The van der Waals surface area contributed by atoms with Crippen molar-refractivity contribution in [2.24, 2.45) is 0 Å². The molecule has 0 bridgehead atoms. The van der Waals surface area contributed by atoms with Gasteiger partial charge in [0.1, 0.15) is 0 Å². The standard InChI is InChI=1S/C15H22N2O3S/c1-21-9-4-2-3-8-16-15(20)17-13-7-5-6-12(10-13)11-14(18)19/h5-7,10H,2-4,8-9,11H2,1H3,(H,18,19)(H2,16,17,20). The van der Waals surface area contributed by atoms with E-state index >= 15 is 0 Å². The largest absolute Gasteiger partial charge is 0.481 e. The van der Waals surface area contributed by atoms with Crippen LogP contribution >= 0.6 is 11.8 Å². The van der Waals surface area contributed by atoms with Crippen LogP contribution in [0.5, 0.6) is 0 Å². The van der Waals surface area contributed by atoms with Crippen molar-refractivity contribution in [2.75, 3.05) is 23.9 Å². The normalized spacial score (nSPS) is 10.1. The molecule has 3 N–H and O–H groups in total. The van der Waals surface area contributed by atoms with Crippen molar-refractivity contribution in [1.29, 1.82) is 0 Å². The van der Waals surface area contributed by atoms with Crippen LogP contribution in [0.4, 0.5) is 10.5 Å². The minimum absolute atomic E-state index is 0.0490. The highest BCUT2D eigenvalue weighted by Crippen LogP contribution is 2.11. The lowest BCUT2D eigenvalue weighted by Gasteiger charge is -2.08. The Kier molecular flexibility index (Phi) is 8.35. The van der Waals surface area contributed by atoms with Crippen molar-refractivity contribution in [3.63, 3.8) is 0 Å². The van der Waals surface area contributed by atoms with E-state index in [0.29, 0.717) is 17.8 Å². The van der Waals surface area contributed by atoms with Gasteiger partial charge >= 0.3 is 12.0 Å². The second kappa shape index (κ2) is 10.1. The number of hydrogen-bond donors (Lipinski definition) is 3. The minimum Gasteiger partial charge on any atom is -0.481 e. The second-order valence-corrected chi connectivity index (χ2v) is 5.69. The Hall–Kier alpha value is -1.69. The highest BCUT2D eigenvalue weighted by molar-refractivity contribution is 7.98. The van der Waals surface area contributed by atoms with E-state index in [1.165, 1.54) is 6.42 Å². The van der Waals surface area contributed by atoms with Crippen LogP contribution in [0.25, 0.3) is 0 Å². The van der Waals surface area contributed by atoms with Crippen LogP contribution in [0.1, 0.15) is 24.8 Å². The fourth-order valence-electron chi connectivity index (χ4n) is 1.86. The number of carbonyl (C=O) groups is 2. The minimum atomic E-state index is -0.887. The fraction of sp³-hybridized carbons (Fsp3) is 0.467.